The molecule has 0 aliphatic rings. The second-order valence-electron chi connectivity index (χ2n) is 6.29. The Morgan fingerprint density at radius 1 is 1.19 bits per heavy atom. The van der Waals surface area contributed by atoms with E-state index in [2.05, 4.69) is 12.1 Å². The van der Waals surface area contributed by atoms with Crippen LogP contribution >= 0.6 is 11.8 Å². The molecule has 1 aromatic carbocycles. The van der Waals surface area contributed by atoms with E-state index in [1.165, 1.54) is 11.8 Å². The van der Waals surface area contributed by atoms with E-state index in [0.29, 0.717) is 33.3 Å². The minimum absolute atomic E-state index is 0.00567. The molecule has 0 amide bonds. The smallest absolute Gasteiger partial charge is 0.262 e. The van der Waals surface area contributed by atoms with E-state index in [4.69, 9.17) is 13.9 Å². The van der Waals surface area contributed by atoms with Crippen LogP contribution in [0.5, 0.6) is 0 Å². The SMILES string of the molecule is CC[C@@H](C)n1c(SCc2cc(-c3ccco3)on2)nc2ccccc2c1=O. The molecule has 0 unspecified atom stereocenters. The van der Waals surface area contributed by atoms with Gasteiger partial charge in [-0.3, -0.25) is 9.36 Å². The van der Waals surface area contributed by atoms with Gasteiger partial charge in [0.25, 0.3) is 5.56 Å². The van der Waals surface area contributed by atoms with Gasteiger partial charge in [-0.25, -0.2) is 4.98 Å². The van der Waals surface area contributed by atoms with Gasteiger partial charge in [0.05, 0.1) is 22.9 Å². The van der Waals surface area contributed by atoms with E-state index < -0.39 is 0 Å². The zero-order valence-electron chi connectivity index (χ0n) is 15.1. The lowest BCUT2D eigenvalue weighted by Gasteiger charge is -2.17. The largest absolute Gasteiger partial charge is 0.461 e. The number of nitrogens with zero attached hydrogens (tertiary/aromatic N) is 3. The molecule has 3 aromatic heterocycles. The van der Waals surface area contributed by atoms with Gasteiger partial charge < -0.3 is 8.94 Å². The predicted molar refractivity (Wildman–Crippen MR) is 105 cm³/mol. The van der Waals surface area contributed by atoms with E-state index in [9.17, 15) is 4.79 Å². The fourth-order valence-electron chi connectivity index (χ4n) is 2.85. The lowest BCUT2D eigenvalue weighted by atomic mass is 10.2. The molecule has 0 bridgehead atoms. The summed E-state index contributed by atoms with van der Waals surface area (Å²) in [5, 5.41) is 5.43. The number of benzene rings is 1. The first-order chi connectivity index (χ1) is 13.2. The minimum atomic E-state index is -0.00567. The molecule has 0 saturated heterocycles. The standard InChI is InChI=1S/C20H19N3O3S/c1-3-13(2)23-19(24)15-7-4-5-8-16(15)21-20(23)27-12-14-11-18(26-22-14)17-9-6-10-25-17/h4-11,13H,3,12H2,1-2H3/t13-/m1/s1. The van der Waals surface area contributed by atoms with Gasteiger partial charge >= 0.3 is 0 Å². The molecule has 0 saturated carbocycles. The van der Waals surface area contributed by atoms with Crippen molar-refractivity contribution in [3.05, 3.63) is 64.8 Å². The monoisotopic (exact) mass is 381 g/mol. The topological polar surface area (TPSA) is 74.1 Å². The van der Waals surface area contributed by atoms with Gasteiger partial charge in [0.15, 0.2) is 10.9 Å². The van der Waals surface area contributed by atoms with Crippen LogP contribution in [0.25, 0.3) is 22.4 Å². The molecule has 27 heavy (non-hydrogen) atoms. The average molecular weight is 381 g/mol. The summed E-state index contributed by atoms with van der Waals surface area (Å²) in [6.07, 6.45) is 2.44. The summed E-state index contributed by atoms with van der Waals surface area (Å²) < 4.78 is 12.4. The van der Waals surface area contributed by atoms with Crippen molar-refractivity contribution in [3.8, 4) is 11.5 Å². The highest BCUT2D eigenvalue weighted by Crippen LogP contribution is 2.27. The molecular weight excluding hydrogens is 362 g/mol. The van der Waals surface area contributed by atoms with Gasteiger partial charge in [0, 0.05) is 17.9 Å². The lowest BCUT2D eigenvalue weighted by molar-refractivity contribution is 0.413. The van der Waals surface area contributed by atoms with Crippen LogP contribution < -0.4 is 5.56 Å². The summed E-state index contributed by atoms with van der Waals surface area (Å²) in [6, 6.07) is 13.0. The third-order valence-electron chi connectivity index (χ3n) is 4.48. The van der Waals surface area contributed by atoms with Gasteiger partial charge in [-0.15, -0.1) is 0 Å². The maximum atomic E-state index is 13.0. The normalized spacial score (nSPS) is 12.5. The van der Waals surface area contributed by atoms with E-state index in [1.807, 2.05) is 43.3 Å². The molecule has 0 N–H and O–H groups in total. The zero-order chi connectivity index (χ0) is 18.8. The minimum Gasteiger partial charge on any atom is -0.461 e. The fraction of sp³-hybridized carbons (Fsp3) is 0.250. The van der Waals surface area contributed by atoms with Crippen molar-refractivity contribution in [2.75, 3.05) is 0 Å². The third kappa shape index (κ3) is 3.42. The van der Waals surface area contributed by atoms with Gasteiger partial charge in [-0.2, -0.15) is 0 Å². The van der Waals surface area contributed by atoms with Crippen LogP contribution in [0.2, 0.25) is 0 Å². The molecule has 7 heteroatoms. The first kappa shape index (κ1) is 17.6. The Balaban J connectivity index is 1.66. The van der Waals surface area contributed by atoms with Crippen LogP contribution in [-0.4, -0.2) is 14.7 Å². The van der Waals surface area contributed by atoms with Gasteiger partial charge in [-0.1, -0.05) is 36.0 Å². The maximum absolute atomic E-state index is 13.0. The number of hydrogen-bond donors (Lipinski definition) is 0. The molecule has 0 aliphatic carbocycles. The van der Waals surface area contributed by atoms with Gasteiger partial charge in [0.2, 0.25) is 5.76 Å². The Hall–Kier alpha value is -2.80. The highest BCUT2D eigenvalue weighted by Gasteiger charge is 2.17. The number of rotatable bonds is 6. The number of fused-ring (bicyclic) bond motifs is 1. The zero-order valence-corrected chi connectivity index (χ0v) is 15.9. The molecule has 0 aliphatic heterocycles. The van der Waals surface area contributed by atoms with Crippen LogP contribution in [0.15, 0.2) is 67.6 Å². The third-order valence-corrected chi connectivity index (χ3v) is 5.47. The van der Waals surface area contributed by atoms with Crippen LogP contribution in [0, 0.1) is 0 Å². The average Bonchev–Trinajstić information content (AvgIpc) is 3.37. The summed E-state index contributed by atoms with van der Waals surface area (Å²) in [5.74, 6) is 1.77. The Morgan fingerprint density at radius 3 is 2.81 bits per heavy atom. The van der Waals surface area contributed by atoms with Crippen molar-refractivity contribution in [2.24, 2.45) is 0 Å². The van der Waals surface area contributed by atoms with Crippen LogP contribution in [-0.2, 0) is 5.75 Å². The second kappa shape index (κ2) is 7.44. The van der Waals surface area contributed by atoms with Crippen molar-refractivity contribution >= 4 is 22.7 Å². The molecule has 0 spiro atoms. The Morgan fingerprint density at radius 2 is 2.04 bits per heavy atom. The van der Waals surface area contributed by atoms with Crippen LogP contribution in [0.3, 0.4) is 0 Å². The van der Waals surface area contributed by atoms with Crippen LogP contribution in [0.4, 0.5) is 0 Å². The predicted octanol–water partition coefficient (Wildman–Crippen LogP) is 4.91. The molecule has 4 aromatic rings. The highest BCUT2D eigenvalue weighted by atomic mass is 32.2. The second-order valence-corrected chi connectivity index (χ2v) is 7.23. The molecule has 1 atom stereocenters. The summed E-state index contributed by atoms with van der Waals surface area (Å²) in [6.45, 7) is 4.10. The molecule has 0 radical (unpaired) electrons. The van der Waals surface area contributed by atoms with Crippen molar-refractivity contribution < 1.29 is 8.94 Å². The van der Waals surface area contributed by atoms with E-state index in [0.717, 1.165) is 12.1 Å². The molecule has 0 fully saturated rings. The molecule has 4 rings (SSSR count). The quantitative estimate of drug-likeness (QED) is 0.349. The number of para-hydroxylation sites is 1. The first-order valence-electron chi connectivity index (χ1n) is 8.81. The van der Waals surface area contributed by atoms with Crippen molar-refractivity contribution in [1.82, 2.24) is 14.7 Å². The maximum Gasteiger partial charge on any atom is 0.262 e. The summed E-state index contributed by atoms with van der Waals surface area (Å²) in [7, 11) is 0. The van der Waals surface area contributed by atoms with E-state index in [1.54, 1.807) is 16.9 Å². The summed E-state index contributed by atoms with van der Waals surface area (Å²) >= 11 is 1.48. The number of thioether (sulfide) groups is 1. The van der Waals surface area contributed by atoms with Gasteiger partial charge in [0.1, 0.15) is 0 Å². The van der Waals surface area contributed by atoms with Crippen LogP contribution in [0.1, 0.15) is 32.0 Å². The molecule has 3 heterocycles. The van der Waals surface area contributed by atoms with E-state index in [-0.39, 0.29) is 11.6 Å². The van der Waals surface area contributed by atoms with Crippen molar-refractivity contribution in [3.63, 3.8) is 0 Å². The Kier molecular flexibility index (Phi) is 4.85. The van der Waals surface area contributed by atoms with Gasteiger partial charge in [-0.05, 0) is 37.6 Å². The summed E-state index contributed by atoms with van der Waals surface area (Å²) in [4.78, 5) is 17.7. The number of hydrogen-bond acceptors (Lipinski definition) is 6. The highest BCUT2D eigenvalue weighted by molar-refractivity contribution is 7.98. The summed E-state index contributed by atoms with van der Waals surface area (Å²) in [5.41, 5.74) is 1.47. The Labute approximate surface area is 160 Å². The Bertz CT molecular complexity index is 1120. The van der Waals surface area contributed by atoms with Crippen molar-refractivity contribution in [1.29, 1.82) is 0 Å². The molecule has 138 valence electrons. The molecular formula is C20H19N3O3S. The number of aromatic nitrogens is 3. The van der Waals surface area contributed by atoms with E-state index >= 15 is 0 Å². The number of furan rings is 1. The lowest BCUT2D eigenvalue weighted by Crippen LogP contribution is -2.26. The molecule has 6 nitrogen and oxygen atoms in total. The first-order valence-corrected chi connectivity index (χ1v) is 9.79. The fourth-order valence-corrected chi connectivity index (χ4v) is 3.83. The van der Waals surface area contributed by atoms with Crippen molar-refractivity contribution in [2.45, 2.75) is 37.2 Å².